The number of hydrogen-bond acceptors (Lipinski definition) is 0. The Morgan fingerprint density at radius 1 is 1.07 bits per heavy atom. The second-order valence-electron chi connectivity index (χ2n) is 4.95. The van der Waals surface area contributed by atoms with E-state index in [2.05, 4.69) is 27.4 Å². The molecule has 0 aromatic heterocycles. The monoisotopic (exact) mass is 210 g/mol. The van der Waals surface area contributed by atoms with E-state index in [1.54, 1.807) is 0 Å². The Morgan fingerprint density at radius 2 is 1.67 bits per heavy atom. The lowest BCUT2D eigenvalue weighted by molar-refractivity contribution is 0.376. The molecule has 0 aromatic carbocycles. The lowest BCUT2D eigenvalue weighted by Crippen LogP contribution is -2.32. The summed E-state index contributed by atoms with van der Waals surface area (Å²) in [4.78, 5) is 0. The molecule has 0 saturated carbocycles. The number of unbranched alkanes of at least 4 members (excludes halogenated alkanes) is 5. The average molecular weight is 210 g/mol. The van der Waals surface area contributed by atoms with Crippen molar-refractivity contribution in [2.45, 2.75) is 71.3 Å². The second kappa shape index (κ2) is 8.96. The Bertz CT molecular complexity index is 149. The minimum absolute atomic E-state index is 0.102. The van der Waals surface area contributed by atoms with E-state index in [1.165, 1.54) is 38.5 Å². The van der Waals surface area contributed by atoms with Crippen molar-refractivity contribution >= 4 is 0 Å². The molecule has 0 N–H and O–H groups in total. The predicted molar refractivity (Wildman–Crippen MR) is 69.3 cm³/mol. The van der Waals surface area contributed by atoms with Gasteiger partial charge in [0.2, 0.25) is 0 Å². The van der Waals surface area contributed by atoms with E-state index in [9.17, 15) is 0 Å². The van der Waals surface area contributed by atoms with Gasteiger partial charge in [0.25, 0.3) is 0 Å². The molecule has 1 radical (unpaired) electrons. The highest BCUT2D eigenvalue weighted by atomic mass is 14.9. The van der Waals surface area contributed by atoms with Crippen LogP contribution in [-0.2, 0) is 0 Å². The standard InChI is InChI=1S/C14H28N/c1-5-7-8-9-10-11-13-15-14(3,4)12-6-2/h6H,2,5,7-13H2,1,3-4H3. The molecule has 0 aliphatic heterocycles. The van der Waals surface area contributed by atoms with Gasteiger partial charge in [-0.1, -0.05) is 45.1 Å². The van der Waals surface area contributed by atoms with Crippen LogP contribution < -0.4 is 5.32 Å². The van der Waals surface area contributed by atoms with Crippen LogP contribution in [0.1, 0.15) is 65.7 Å². The van der Waals surface area contributed by atoms with E-state index in [1.807, 2.05) is 6.08 Å². The molecule has 0 spiro atoms. The zero-order valence-electron chi connectivity index (χ0n) is 10.9. The predicted octanol–water partition coefficient (Wildman–Crippen LogP) is 4.31. The van der Waals surface area contributed by atoms with Crippen LogP contribution >= 0.6 is 0 Å². The topological polar surface area (TPSA) is 14.1 Å². The van der Waals surface area contributed by atoms with Crippen LogP contribution in [0.5, 0.6) is 0 Å². The van der Waals surface area contributed by atoms with Gasteiger partial charge >= 0.3 is 0 Å². The van der Waals surface area contributed by atoms with Crippen LogP contribution in [0.4, 0.5) is 0 Å². The lowest BCUT2D eigenvalue weighted by atomic mass is 10.0. The lowest BCUT2D eigenvalue weighted by Gasteiger charge is -2.22. The summed E-state index contributed by atoms with van der Waals surface area (Å²) in [5.41, 5.74) is 0.102. The largest absolute Gasteiger partial charge is 0.235 e. The fourth-order valence-electron chi connectivity index (χ4n) is 1.69. The van der Waals surface area contributed by atoms with Crippen molar-refractivity contribution in [1.29, 1.82) is 0 Å². The SMILES string of the molecule is C=CCC(C)(C)[N]CCCCCCCC. The summed E-state index contributed by atoms with van der Waals surface area (Å²) in [6.45, 7) is 11.4. The van der Waals surface area contributed by atoms with Crippen molar-refractivity contribution in [3.8, 4) is 0 Å². The van der Waals surface area contributed by atoms with Gasteiger partial charge in [0, 0.05) is 12.1 Å². The number of nitrogens with zero attached hydrogens (tertiary/aromatic N) is 1. The van der Waals surface area contributed by atoms with Crippen molar-refractivity contribution < 1.29 is 0 Å². The summed E-state index contributed by atoms with van der Waals surface area (Å²) in [7, 11) is 0. The van der Waals surface area contributed by atoms with Gasteiger partial charge in [0.15, 0.2) is 0 Å². The third-order valence-electron chi connectivity index (χ3n) is 2.70. The molecular weight excluding hydrogens is 182 g/mol. The molecule has 0 heterocycles. The quantitative estimate of drug-likeness (QED) is 0.377. The van der Waals surface area contributed by atoms with E-state index in [0.717, 1.165) is 13.0 Å². The molecule has 0 atom stereocenters. The van der Waals surface area contributed by atoms with Gasteiger partial charge in [-0.2, -0.15) is 0 Å². The minimum atomic E-state index is 0.102. The minimum Gasteiger partial charge on any atom is -0.235 e. The van der Waals surface area contributed by atoms with Crippen LogP contribution in [0.3, 0.4) is 0 Å². The maximum absolute atomic E-state index is 4.69. The van der Waals surface area contributed by atoms with E-state index in [0.29, 0.717) is 0 Å². The molecule has 89 valence electrons. The van der Waals surface area contributed by atoms with Gasteiger partial charge in [-0.15, -0.1) is 6.58 Å². The molecule has 0 aliphatic rings. The molecule has 0 aromatic rings. The fraction of sp³-hybridized carbons (Fsp3) is 0.857. The Morgan fingerprint density at radius 3 is 2.27 bits per heavy atom. The fourth-order valence-corrected chi connectivity index (χ4v) is 1.69. The average Bonchev–Trinajstić information content (AvgIpc) is 2.16. The zero-order valence-corrected chi connectivity index (χ0v) is 10.9. The van der Waals surface area contributed by atoms with Crippen LogP contribution in [-0.4, -0.2) is 12.1 Å². The molecule has 0 bridgehead atoms. The third-order valence-corrected chi connectivity index (χ3v) is 2.70. The van der Waals surface area contributed by atoms with Crippen molar-refractivity contribution in [1.82, 2.24) is 5.32 Å². The molecule has 1 heteroatoms. The van der Waals surface area contributed by atoms with Crippen LogP contribution in [0, 0.1) is 0 Å². The Labute approximate surface area is 96.3 Å². The normalized spacial score (nSPS) is 11.7. The maximum atomic E-state index is 4.69. The summed E-state index contributed by atoms with van der Waals surface area (Å²) in [5, 5.41) is 4.69. The summed E-state index contributed by atoms with van der Waals surface area (Å²) >= 11 is 0. The first-order chi connectivity index (χ1) is 7.12. The molecule has 0 amide bonds. The van der Waals surface area contributed by atoms with Gasteiger partial charge < -0.3 is 0 Å². The number of hydrogen-bond donors (Lipinski definition) is 0. The van der Waals surface area contributed by atoms with Crippen LogP contribution in [0.15, 0.2) is 12.7 Å². The summed E-state index contributed by atoms with van der Waals surface area (Å²) in [6, 6.07) is 0. The Balaban J connectivity index is 3.26. The van der Waals surface area contributed by atoms with Gasteiger partial charge in [-0.3, -0.25) is 0 Å². The molecule has 1 nitrogen and oxygen atoms in total. The molecule has 0 aliphatic carbocycles. The van der Waals surface area contributed by atoms with E-state index in [4.69, 9.17) is 5.32 Å². The van der Waals surface area contributed by atoms with Gasteiger partial charge in [-0.05, 0) is 26.7 Å². The van der Waals surface area contributed by atoms with Crippen LogP contribution in [0.25, 0.3) is 0 Å². The molecule has 0 saturated heterocycles. The van der Waals surface area contributed by atoms with Gasteiger partial charge in [-0.25, -0.2) is 5.32 Å². The number of rotatable bonds is 10. The van der Waals surface area contributed by atoms with E-state index >= 15 is 0 Å². The first-order valence-electron chi connectivity index (χ1n) is 6.42. The van der Waals surface area contributed by atoms with E-state index in [-0.39, 0.29) is 5.54 Å². The molecule has 0 unspecified atom stereocenters. The highest BCUT2D eigenvalue weighted by Gasteiger charge is 2.15. The summed E-state index contributed by atoms with van der Waals surface area (Å²) < 4.78 is 0. The smallest absolute Gasteiger partial charge is 0.0334 e. The first kappa shape index (κ1) is 14.7. The first-order valence-corrected chi connectivity index (χ1v) is 6.42. The molecular formula is C14H28N. The van der Waals surface area contributed by atoms with Crippen molar-refractivity contribution in [3.05, 3.63) is 12.7 Å². The zero-order chi connectivity index (χ0) is 11.6. The Hall–Kier alpha value is -0.300. The van der Waals surface area contributed by atoms with E-state index < -0.39 is 0 Å². The van der Waals surface area contributed by atoms with Crippen molar-refractivity contribution in [2.75, 3.05) is 6.54 Å². The molecule has 15 heavy (non-hydrogen) atoms. The second-order valence-corrected chi connectivity index (χ2v) is 4.95. The highest BCUT2D eigenvalue weighted by Crippen LogP contribution is 2.11. The molecule has 0 rings (SSSR count). The molecule has 0 fully saturated rings. The van der Waals surface area contributed by atoms with Crippen molar-refractivity contribution in [2.24, 2.45) is 0 Å². The highest BCUT2D eigenvalue weighted by molar-refractivity contribution is 4.85. The maximum Gasteiger partial charge on any atom is 0.0334 e. The Kier molecular flexibility index (Phi) is 8.79. The third kappa shape index (κ3) is 9.99. The van der Waals surface area contributed by atoms with Crippen molar-refractivity contribution in [3.63, 3.8) is 0 Å². The van der Waals surface area contributed by atoms with Gasteiger partial charge in [0.05, 0.1) is 0 Å². The van der Waals surface area contributed by atoms with Crippen LogP contribution in [0.2, 0.25) is 0 Å². The summed E-state index contributed by atoms with van der Waals surface area (Å²) in [5.74, 6) is 0. The van der Waals surface area contributed by atoms with Gasteiger partial charge in [0.1, 0.15) is 0 Å². The summed E-state index contributed by atoms with van der Waals surface area (Å²) in [6.07, 6.45) is 11.0.